The highest BCUT2D eigenvalue weighted by Crippen LogP contribution is 2.61. The van der Waals surface area contributed by atoms with Gasteiger partial charge in [0.25, 0.3) is 0 Å². The number of nitrogens with one attached hydrogen (secondary N) is 2. The van der Waals surface area contributed by atoms with Crippen LogP contribution in [0.1, 0.15) is 44.9 Å². The van der Waals surface area contributed by atoms with Crippen LogP contribution in [-0.4, -0.2) is 26.0 Å². The first-order chi connectivity index (χ1) is 8.69. The van der Waals surface area contributed by atoms with Crippen molar-refractivity contribution in [1.82, 2.24) is 10.6 Å². The predicted octanol–water partition coefficient (Wildman–Crippen LogP) is 2.35. The van der Waals surface area contributed by atoms with Gasteiger partial charge in [0.15, 0.2) is 0 Å². The summed E-state index contributed by atoms with van der Waals surface area (Å²) in [6.45, 7) is 1.63. The first-order valence-electron chi connectivity index (χ1n) is 7.60. The Kier molecular flexibility index (Phi) is 4.78. The fourth-order valence-corrected chi connectivity index (χ4v) is 5.24. The van der Waals surface area contributed by atoms with Crippen LogP contribution in [-0.2, 0) is 4.79 Å². The highest BCUT2D eigenvalue weighted by atomic mass is 35.5. The van der Waals surface area contributed by atoms with E-state index in [0.29, 0.717) is 5.41 Å². The van der Waals surface area contributed by atoms with Gasteiger partial charge in [-0.05, 0) is 68.7 Å². The molecule has 19 heavy (non-hydrogen) atoms. The average molecular weight is 287 g/mol. The van der Waals surface area contributed by atoms with Gasteiger partial charge >= 0.3 is 0 Å². The highest BCUT2D eigenvalue weighted by Gasteiger charge is 2.51. The topological polar surface area (TPSA) is 41.1 Å². The van der Waals surface area contributed by atoms with Crippen molar-refractivity contribution in [2.45, 2.75) is 44.9 Å². The van der Waals surface area contributed by atoms with E-state index < -0.39 is 0 Å². The largest absolute Gasteiger partial charge is 0.355 e. The first-order valence-corrected chi connectivity index (χ1v) is 7.60. The molecule has 0 unspecified atom stereocenters. The second-order valence-electron chi connectivity index (χ2n) is 7.05. The third-order valence-electron chi connectivity index (χ3n) is 5.40. The van der Waals surface area contributed by atoms with E-state index in [-0.39, 0.29) is 18.3 Å². The molecule has 0 radical (unpaired) electrons. The molecule has 0 aromatic rings. The molecule has 0 aliphatic heterocycles. The maximum atomic E-state index is 12.1. The number of amides is 1. The van der Waals surface area contributed by atoms with E-state index in [1.807, 2.05) is 7.05 Å². The number of rotatable bonds is 5. The molecule has 2 N–H and O–H groups in total. The summed E-state index contributed by atoms with van der Waals surface area (Å²) in [6.07, 6.45) is 9.16. The molecule has 0 aromatic heterocycles. The van der Waals surface area contributed by atoms with Crippen LogP contribution in [0.5, 0.6) is 0 Å². The Morgan fingerprint density at radius 3 is 2.05 bits per heavy atom. The standard InChI is InChI=1S/C15H26N2O.ClH/c1-16-2-3-17-14(18)10-15-7-11-4-12(8-15)6-13(5-11)9-15;/h11-13,16H,2-10H2,1H3,(H,17,18);1H. The Morgan fingerprint density at radius 2 is 1.58 bits per heavy atom. The lowest BCUT2D eigenvalue weighted by molar-refractivity contribution is -0.129. The van der Waals surface area contributed by atoms with Crippen molar-refractivity contribution in [1.29, 1.82) is 0 Å². The first kappa shape index (κ1) is 15.1. The summed E-state index contributed by atoms with van der Waals surface area (Å²) in [7, 11) is 1.92. The second-order valence-corrected chi connectivity index (χ2v) is 7.05. The average Bonchev–Trinajstić information content (AvgIpc) is 2.26. The molecule has 0 spiro atoms. The smallest absolute Gasteiger partial charge is 0.220 e. The van der Waals surface area contributed by atoms with Crippen molar-refractivity contribution in [3.05, 3.63) is 0 Å². The van der Waals surface area contributed by atoms with Gasteiger partial charge in [0.2, 0.25) is 5.91 Å². The Labute approximate surface area is 122 Å². The SMILES string of the molecule is CNCCNC(=O)CC12CC3CC(CC(C3)C1)C2.Cl. The Hall–Kier alpha value is -0.280. The summed E-state index contributed by atoms with van der Waals surface area (Å²) in [5.41, 5.74) is 0.387. The fourth-order valence-electron chi connectivity index (χ4n) is 5.24. The van der Waals surface area contributed by atoms with Gasteiger partial charge in [0.05, 0.1) is 0 Å². The summed E-state index contributed by atoms with van der Waals surface area (Å²) in [5, 5.41) is 6.12. The van der Waals surface area contributed by atoms with Gasteiger partial charge in [-0.25, -0.2) is 0 Å². The molecule has 4 fully saturated rings. The van der Waals surface area contributed by atoms with Crippen molar-refractivity contribution >= 4 is 18.3 Å². The van der Waals surface area contributed by atoms with Crippen LogP contribution in [0, 0.1) is 23.2 Å². The van der Waals surface area contributed by atoms with Crippen LogP contribution in [0.2, 0.25) is 0 Å². The van der Waals surface area contributed by atoms with E-state index >= 15 is 0 Å². The number of carbonyl (C=O) groups is 1. The molecule has 4 saturated carbocycles. The summed E-state index contributed by atoms with van der Waals surface area (Å²) in [6, 6.07) is 0. The summed E-state index contributed by atoms with van der Waals surface area (Å²) < 4.78 is 0. The van der Waals surface area contributed by atoms with Crippen molar-refractivity contribution in [3.63, 3.8) is 0 Å². The minimum Gasteiger partial charge on any atom is -0.355 e. The molecule has 0 heterocycles. The molecular formula is C15H27ClN2O. The lowest BCUT2D eigenvalue weighted by atomic mass is 9.49. The molecule has 4 aliphatic carbocycles. The third-order valence-corrected chi connectivity index (χ3v) is 5.40. The van der Waals surface area contributed by atoms with Gasteiger partial charge in [-0.1, -0.05) is 0 Å². The van der Waals surface area contributed by atoms with Gasteiger partial charge in [0.1, 0.15) is 0 Å². The van der Waals surface area contributed by atoms with Crippen LogP contribution in [0.25, 0.3) is 0 Å². The lowest BCUT2D eigenvalue weighted by Gasteiger charge is -2.56. The molecular weight excluding hydrogens is 260 g/mol. The van der Waals surface area contributed by atoms with Crippen LogP contribution in [0.3, 0.4) is 0 Å². The maximum absolute atomic E-state index is 12.1. The molecule has 0 aromatic carbocycles. The van der Waals surface area contributed by atoms with Crippen molar-refractivity contribution in [2.75, 3.05) is 20.1 Å². The van der Waals surface area contributed by atoms with Gasteiger partial charge in [-0.15, -0.1) is 12.4 Å². The van der Waals surface area contributed by atoms with Crippen molar-refractivity contribution < 1.29 is 4.79 Å². The van der Waals surface area contributed by atoms with Crippen molar-refractivity contribution in [3.8, 4) is 0 Å². The van der Waals surface area contributed by atoms with E-state index in [4.69, 9.17) is 0 Å². The Bertz CT molecular complexity index is 297. The third kappa shape index (κ3) is 3.25. The van der Waals surface area contributed by atoms with Crippen LogP contribution < -0.4 is 10.6 Å². The van der Waals surface area contributed by atoms with E-state index in [0.717, 1.165) is 37.3 Å². The minimum absolute atomic E-state index is 0. The van der Waals surface area contributed by atoms with E-state index in [1.165, 1.54) is 38.5 Å². The number of hydrogen-bond acceptors (Lipinski definition) is 2. The lowest BCUT2D eigenvalue weighted by Crippen LogP contribution is -2.48. The van der Waals surface area contributed by atoms with E-state index in [2.05, 4.69) is 10.6 Å². The maximum Gasteiger partial charge on any atom is 0.220 e. The molecule has 110 valence electrons. The van der Waals surface area contributed by atoms with Gasteiger partial charge in [-0.3, -0.25) is 4.79 Å². The number of carbonyl (C=O) groups excluding carboxylic acids is 1. The molecule has 0 saturated heterocycles. The van der Waals surface area contributed by atoms with E-state index in [9.17, 15) is 4.79 Å². The zero-order valence-electron chi connectivity index (χ0n) is 11.9. The zero-order valence-corrected chi connectivity index (χ0v) is 12.7. The normalized spacial score (nSPS) is 38.9. The number of likely N-dealkylation sites (N-methyl/N-ethyl adjacent to an activating group) is 1. The Morgan fingerprint density at radius 1 is 1.05 bits per heavy atom. The highest BCUT2D eigenvalue weighted by molar-refractivity contribution is 5.85. The van der Waals surface area contributed by atoms with Gasteiger partial charge < -0.3 is 10.6 Å². The van der Waals surface area contributed by atoms with Crippen LogP contribution in [0.4, 0.5) is 0 Å². The zero-order chi connectivity index (χ0) is 12.6. The van der Waals surface area contributed by atoms with Crippen LogP contribution in [0.15, 0.2) is 0 Å². The molecule has 4 bridgehead atoms. The van der Waals surface area contributed by atoms with Gasteiger partial charge in [-0.2, -0.15) is 0 Å². The molecule has 0 atom stereocenters. The van der Waals surface area contributed by atoms with Crippen molar-refractivity contribution in [2.24, 2.45) is 23.2 Å². The quantitative estimate of drug-likeness (QED) is 0.762. The van der Waals surface area contributed by atoms with Crippen LogP contribution >= 0.6 is 12.4 Å². The molecule has 3 nitrogen and oxygen atoms in total. The fraction of sp³-hybridized carbons (Fsp3) is 0.933. The molecule has 4 heteroatoms. The molecule has 4 rings (SSSR count). The monoisotopic (exact) mass is 286 g/mol. The number of halogens is 1. The summed E-state index contributed by atoms with van der Waals surface area (Å²) in [4.78, 5) is 12.1. The summed E-state index contributed by atoms with van der Waals surface area (Å²) in [5.74, 6) is 3.12. The number of hydrogen-bond donors (Lipinski definition) is 2. The Balaban J connectivity index is 0.00000133. The molecule has 1 amide bonds. The minimum atomic E-state index is 0. The summed E-state index contributed by atoms with van der Waals surface area (Å²) >= 11 is 0. The van der Waals surface area contributed by atoms with Gasteiger partial charge in [0, 0.05) is 19.5 Å². The van der Waals surface area contributed by atoms with E-state index in [1.54, 1.807) is 0 Å². The molecule has 4 aliphatic rings. The predicted molar refractivity (Wildman–Crippen MR) is 79.4 cm³/mol. The second kappa shape index (κ2) is 6.01.